The molecular formula is C20H28Cl2N2O4. The molecule has 1 aromatic carbocycles. The summed E-state index contributed by atoms with van der Waals surface area (Å²) in [6, 6.07) is 11.6. The van der Waals surface area contributed by atoms with Crippen LogP contribution in [-0.4, -0.2) is 47.7 Å². The highest BCUT2D eigenvalue weighted by Crippen LogP contribution is 2.38. The molecule has 0 amide bonds. The first kappa shape index (κ1) is 24.5. The molecule has 1 aliphatic carbocycles. The summed E-state index contributed by atoms with van der Waals surface area (Å²) in [7, 11) is 1.65. The van der Waals surface area contributed by atoms with E-state index in [2.05, 4.69) is 10.3 Å². The van der Waals surface area contributed by atoms with E-state index in [4.69, 9.17) is 9.47 Å². The normalized spacial score (nSPS) is 23.4. The summed E-state index contributed by atoms with van der Waals surface area (Å²) in [6.07, 6.45) is 2.93. The van der Waals surface area contributed by atoms with Crippen LogP contribution < -0.4 is 14.8 Å². The second-order valence-corrected chi connectivity index (χ2v) is 6.98. The first-order chi connectivity index (χ1) is 12.6. The SMILES string of the molecule is COc1cccc(CNCC2(COc3cccnc3)C[C@@H](O)[C@@H](O)C2)c1.Cl.Cl. The number of hydrogen-bond acceptors (Lipinski definition) is 6. The summed E-state index contributed by atoms with van der Waals surface area (Å²) in [5, 5.41) is 23.5. The summed E-state index contributed by atoms with van der Waals surface area (Å²) in [5.74, 6) is 1.51. The van der Waals surface area contributed by atoms with Crippen LogP contribution in [0.5, 0.6) is 11.5 Å². The predicted octanol–water partition coefficient (Wildman–Crippen LogP) is 2.60. The molecule has 1 aromatic heterocycles. The Kier molecular flexibility index (Phi) is 9.99. The van der Waals surface area contributed by atoms with Crippen LogP contribution in [0.2, 0.25) is 0 Å². The zero-order chi connectivity index (χ0) is 18.4. The van der Waals surface area contributed by atoms with Crippen molar-refractivity contribution in [2.24, 2.45) is 5.41 Å². The van der Waals surface area contributed by atoms with E-state index in [-0.39, 0.29) is 30.2 Å². The summed E-state index contributed by atoms with van der Waals surface area (Å²) in [6.45, 7) is 1.73. The summed E-state index contributed by atoms with van der Waals surface area (Å²) in [4.78, 5) is 4.05. The summed E-state index contributed by atoms with van der Waals surface area (Å²) in [5.41, 5.74) is 0.792. The molecule has 28 heavy (non-hydrogen) atoms. The van der Waals surface area contributed by atoms with Crippen molar-refractivity contribution >= 4 is 24.8 Å². The molecule has 0 aliphatic heterocycles. The number of hydrogen-bond donors (Lipinski definition) is 3. The van der Waals surface area contributed by atoms with Gasteiger partial charge >= 0.3 is 0 Å². The van der Waals surface area contributed by atoms with E-state index in [1.54, 1.807) is 19.5 Å². The first-order valence-corrected chi connectivity index (χ1v) is 8.83. The minimum absolute atomic E-state index is 0. The fraction of sp³-hybridized carbons (Fsp3) is 0.450. The Labute approximate surface area is 178 Å². The van der Waals surface area contributed by atoms with E-state index in [0.29, 0.717) is 38.3 Å². The van der Waals surface area contributed by atoms with Gasteiger partial charge in [-0.2, -0.15) is 0 Å². The number of nitrogens with zero attached hydrogens (tertiary/aromatic N) is 1. The third kappa shape index (κ3) is 6.50. The highest BCUT2D eigenvalue weighted by Gasteiger charge is 2.44. The van der Waals surface area contributed by atoms with E-state index in [9.17, 15) is 10.2 Å². The Morgan fingerprint density at radius 2 is 1.82 bits per heavy atom. The van der Waals surface area contributed by atoms with Gasteiger partial charge in [-0.05, 0) is 42.7 Å². The number of aliphatic hydroxyl groups is 2. The van der Waals surface area contributed by atoms with Crippen LogP contribution in [0.3, 0.4) is 0 Å². The molecule has 3 N–H and O–H groups in total. The molecule has 0 spiro atoms. The average molecular weight is 431 g/mol. The lowest BCUT2D eigenvalue weighted by Crippen LogP contribution is -2.38. The van der Waals surface area contributed by atoms with E-state index in [0.717, 1.165) is 11.3 Å². The highest BCUT2D eigenvalue weighted by molar-refractivity contribution is 5.85. The van der Waals surface area contributed by atoms with Gasteiger partial charge < -0.3 is 25.0 Å². The van der Waals surface area contributed by atoms with Crippen LogP contribution in [0.4, 0.5) is 0 Å². The number of methoxy groups -OCH3 is 1. The van der Waals surface area contributed by atoms with Crippen LogP contribution in [0.1, 0.15) is 18.4 Å². The Morgan fingerprint density at radius 1 is 1.11 bits per heavy atom. The number of aromatic nitrogens is 1. The first-order valence-electron chi connectivity index (χ1n) is 8.83. The monoisotopic (exact) mass is 430 g/mol. The maximum atomic E-state index is 10.1. The van der Waals surface area contributed by atoms with E-state index >= 15 is 0 Å². The minimum Gasteiger partial charge on any atom is -0.497 e. The molecule has 6 nitrogen and oxygen atoms in total. The van der Waals surface area contributed by atoms with Crippen molar-refractivity contribution in [2.45, 2.75) is 31.6 Å². The topological polar surface area (TPSA) is 83.8 Å². The lowest BCUT2D eigenvalue weighted by Gasteiger charge is -2.29. The summed E-state index contributed by atoms with van der Waals surface area (Å²) < 4.78 is 11.1. The average Bonchev–Trinajstić information content (AvgIpc) is 2.95. The van der Waals surface area contributed by atoms with Crippen molar-refractivity contribution in [1.82, 2.24) is 10.3 Å². The van der Waals surface area contributed by atoms with Gasteiger partial charge in [0, 0.05) is 24.7 Å². The molecule has 3 rings (SSSR count). The Hall–Kier alpha value is -1.57. The van der Waals surface area contributed by atoms with E-state index in [1.807, 2.05) is 36.4 Å². The predicted molar refractivity (Wildman–Crippen MR) is 113 cm³/mol. The molecule has 156 valence electrons. The number of pyridine rings is 1. The third-order valence-electron chi connectivity index (χ3n) is 4.87. The smallest absolute Gasteiger partial charge is 0.137 e. The van der Waals surface area contributed by atoms with Gasteiger partial charge in [-0.1, -0.05) is 12.1 Å². The largest absolute Gasteiger partial charge is 0.497 e. The molecule has 1 aliphatic rings. The highest BCUT2D eigenvalue weighted by atomic mass is 35.5. The summed E-state index contributed by atoms with van der Waals surface area (Å²) >= 11 is 0. The standard InChI is InChI=1S/C20H26N2O4.2ClH/c1-25-16-5-2-4-15(8-16)11-22-13-20(9-18(23)19(24)10-20)14-26-17-6-3-7-21-12-17;;/h2-8,12,18-19,22-24H,9-11,13-14H2,1H3;2*1H/t18-,19+,20?;;. The van der Waals surface area contributed by atoms with Crippen molar-refractivity contribution in [2.75, 3.05) is 20.3 Å². The molecule has 1 saturated carbocycles. The number of ether oxygens (including phenoxy) is 2. The fourth-order valence-electron chi connectivity index (χ4n) is 3.48. The zero-order valence-corrected chi connectivity index (χ0v) is 17.4. The zero-order valence-electron chi connectivity index (χ0n) is 15.8. The molecule has 0 bridgehead atoms. The minimum atomic E-state index is -0.717. The number of rotatable bonds is 8. The fourth-order valence-corrected chi connectivity index (χ4v) is 3.48. The lowest BCUT2D eigenvalue weighted by atomic mass is 9.86. The Bertz CT molecular complexity index is 696. The van der Waals surface area contributed by atoms with Gasteiger partial charge in [0.1, 0.15) is 11.5 Å². The molecule has 3 atom stereocenters. The van der Waals surface area contributed by atoms with Crippen LogP contribution in [-0.2, 0) is 6.54 Å². The molecular weight excluding hydrogens is 403 g/mol. The van der Waals surface area contributed by atoms with Crippen LogP contribution in [0.15, 0.2) is 48.8 Å². The van der Waals surface area contributed by atoms with E-state index < -0.39 is 12.2 Å². The second-order valence-electron chi connectivity index (χ2n) is 6.98. The van der Waals surface area contributed by atoms with E-state index in [1.165, 1.54) is 0 Å². The molecule has 0 radical (unpaired) electrons. The van der Waals surface area contributed by atoms with Gasteiger partial charge in [0.05, 0.1) is 32.1 Å². The second kappa shape index (κ2) is 11.4. The molecule has 0 saturated heterocycles. The van der Waals surface area contributed by atoms with Crippen LogP contribution >= 0.6 is 24.8 Å². The van der Waals surface area contributed by atoms with Gasteiger partial charge in [-0.3, -0.25) is 4.98 Å². The Balaban J connectivity index is 0.00000196. The lowest BCUT2D eigenvalue weighted by molar-refractivity contribution is 0.0438. The van der Waals surface area contributed by atoms with Crippen molar-refractivity contribution in [3.8, 4) is 11.5 Å². The maximum absolute atomic E-state index is 10.1. The third-order valence-corrected chi connectivity index (χ3v) is 4.87. The van der Waals surface area contributed by atoms with Gasteiger partial charge in [-0.15, -0.1) is 24.8 Å². The molecule has 1 fully saturated rings. The Morgan fingerprint density at radius 3 is 2.46 bits per heavy atom. The molecule has 1 heterocycles. The van der Waals surface area contributed by atoms with Gasteiger partial charge in [-0.25, -0.2) is 0 Å². The van der Waals surface area contributed by atoms with Crippen LogP contribution in [0.25, 0.3) is 0 Å². The van der Waals surface area contributed by atoms with Gasteiger partial charge in [0.15, 0.2) is 0 Å². The van der Waals surface area contributed by atoms with Crippen molar-refractivity contribution in [1.29, 1.82) is 0 Å². The van der Waals surface area contributed by atoms with Crippen LogP contribution in [0, 0.1) is 5.41 Å². The quantitative estimate of drug-likeness (QED) is 0.596. The van der Waals surface area contributed by atoms with Crippen molar-refractivity contribution in [3.05, 3.63) is 54.4 Å². The van der Waals surface area contributed by atoms with Crippen molar-refractivity contribution in [3.63, 3.8) is 0 Å². The number of aliphatic hydroxyl groups excluding tert-OH is 2. The van der Waals surface area contributed by atoms with Crippen molar-refractivity contribution < 1.29 is 19.7 Å². The number of benzene rings is 1. The molecule has 1 unspecified atom stereocenters. The van der Waals surface area contributed by atoms with Gasteiger partial charge in [0.2, 0.25) is 0 Å². The van der Waals surface area contributed by atoms with Gasteiger partial charge in [0.25, 0.3) is 0 Å². The number of nitrogens with one attached hydrogen (secondary N) is 1. The molecule has 8 heteroatoms. The number of halogens is 2. The molecule has 2 aromatic rings. The maximum Gasteiger partial charge on any atom is 0.137 e.